The minimum Gasteiger partial charge on any atom is -0.465 e. The lowest BCUT2D eigenvalue weighted by atomic mass is 9.77. The van der Waals surface area contributed by atoms with E-state index >= 15 is 0 Å². The van der Waals surface area contributed by atoms with Crippen LogP contribution in [0, 0.1) is 35.8 Å². The summed E-state index contributed by atoms with van der Waals surface area (Å²) in [5, 5.41) is 26.6. The number of nitrogens with zero attached hydrogens (tertiary/aromatic N) is 3. The van der Waals surface area contributed by atoms with Gasteiger partial charge in [-0.25, -0.2) is 18.6 Å². The normalized spacial score (nSPS) is 15.4. The summed E-state index contributed by atoms with van der Waals surface area (Å²) in [6, 6.07) is 3.23. The first-order valence-electron chi connectivity index (χ1n) is 9.54. The van der Waals surface area contributed by atoms with Crippen molar-refractivity contribution in [2.75, 3.05) is 10.6 Å². The number of carbonyl (C=O) groups is 1. The highest BCUT2D eigenvalue weighted by Crippen LogP contribution is 2.33. The molecule has 8 nitrogen and oxygen atoms in total. The molecule has 0 aliphatic heterocycles. The van der Waals surface area contributed by atoms with Crippen LogP contribution in [0.15, 0.2) is 18.3 Å². The molecule has 1 saturated carbocycles. The molecule has 30 heavy (non-hydrogen) atoms. The minimum atomic E-state index is -1.17. The fourth-order valence-corrected chi connectivity index (χ4v) is 3.37. The fraction of sp³-hybridized carbons (Fsp3) is 0.400. The van der Waals surface area contributed by atoms with E-state index in [9.17, 15) is 18.8 Å². The molecule has 1 aliphatic rings. The monoisotopic (exact) mass is 416 g/mol. The fourth-order valence-electron chi connectivity index (χ4n) is 3.37. The summed E-state index contributed by atoms with van der Waals surface area (Å²) >= 11 is 0. The Kier molecular flexibility index (Phi) is 6.30. The molecule has 1 amide bonds. The first-order valence-corrected chi connectivity index (χ1v) is 9.54. The molecule has 0 aromatic carbocycles. The van der Waals surface area contributed by atoms with Crippen LogP contribution in [-0.2, 0) is 0 Å². The van der Waals surface area contributed by atoms with E-state index in [1.54, 1.807) is 6.92 Å². The van der Waals surface area contributed by atoms with Crippen molar-refractivity contribution in [1.29, 1.82) is 5.26 Å². The molecule has 2 atom stereocenters. The first kappa shape index (κ1) is 21.2. The Morgan fingerprint density at radius 2 is 2.03 bits per heavy atom. The van der Waals surface area contributed by atoms with Crippen molar-refractivity contribution in [3.8, 4) is 6.07 Å². The SMILES string of the molecule is Cc1ncc(Nc2nc(N[C@H](C3CCC3)[C@H](C)NC(=O)O)c(F)cc2C#N)cc1F. The summed E-state index contributed by atoms with van der Waals surface area (Å²) in [6.45, 7) is 3.22. The van der Waals surface area contributed by atoms with Crippen LogP contribution in [0.2, 0.25) is 0 Å². The summed E-state index contributed by atoms with van der Waals surface area (Å²) in [5.74, 6) is -1.18. The number of aromatic nitrogens is 2. The molecule has 2 heterocycles. The highest BCUT2D eigenvalue weighted by molar-refractivity contribution is 5.66. The summed E-state index contributed by atoms with van der Waals surface area (Å²) in [5.41, 5.74) is 0.422. The lowest BCUT2D eigenvalue weighted by molar-refractivity contribution is 0.180. The molecule has 0 unspecified atom stereocenters. The zero-order valence-electron chi connectivity index (χ0n) is 16.5. The number of amides is 1. The number of nitriles is 1. The third kappa shape index (κ3) is 4.74. The Bertz CT molecular complexity index is 990. The predicted octanol–water partition coefficient (Wildman–Crippen LogP) is 3.92. The van der Waals surface area contributed by atoms with Gasteiger partial charge in [0.05, 0.1) is 29.2 Å². The van der Waals surface area contributed by atoms with Gasteiger partial charge in [0.2, 0.25) is 0 Å². The summed E-state index contributed by atoms with van der Waals surface area (Å²) in [4.78, 5) is 19.1. The highest BCUT2D eigenvalue weighted by Gasteiger charge is 2.33. The van der Waals surface area contributed by atoms with E-state index in [1.807, 2.05) is 6.07 Å². The second-order valence-electron chi connectivity index (χ2n) is 7.34. The van der Waals surface area contributed by atoms with Crippen molar-refractivity contribution in [3.63, 3.8) is 0 Å². The van der Waals surface area contributed by atoms with E-state index in [0.717, 1.165) is 25.3 Å². The number of halogens is 2. The molecule has 3 rings (SSSR count). The van der Waals surface area contributed by atoms with Crippen molar-refractivity contribution in [3.05, 3.63) is 41.2 Å². The van der Waals surface area contributed by atoms with Crippen LogP contribution in [0.1, 0.15) is 37.4 Å². The first-order chi connectivity index (χ1) is 14.3. The predicted molar refractivity (Wildman–Crippen MR) is 106 cm³/mol. The van der Waals surface area contributed by atoms with Crippen LogP contribution in [0.5, 0.6) is 0 Å². The molecule has 0 radical (unpaired) electrons. The summed E-state index contributed by atoms with van der Waals surface area (Å²) in [6.07, 6.45) is 3.01. The van der Waals surface area contributed by atoms with Crippen LogP contribution in [0.3, 0.4) is 0 Å². The van der Waals surface area contributed by atoms with Crippen molar-refractivity contribution in [2.24, 2.45) is 5.92 Å². The van der Waals surface area contributed by atoms with Gasteiger partial charge in [0.15, 0.2) is 17.5 Å². The zero-order chi connectivity index (χ0) is 21.8. The van der Waals surface area contributed by atoms with Crippen molar-refractivity contribution in [2.45, 2.75) is 45.2 Å². The lowest BCUT2D eigenvalue weighted by Gasteiger charge is -2.38. The van der Waals surface area contributed by atoms with Crippen LogP contribution >= 0.6 is 0 Å². The number of anilines is 3. The number of aryl methyl sites for hydroxylation is 1. The average Bonchev–Trinajstić information content (AvgIpc) is 2.64. The van der Waals surface area contributed by atoms with Gasteiger partial charge in [-0.3, -0.25) is 4.98 Å². The van der Waals surface area contributed by atoms with Crippen LogP contribution in [-0.4, -0.2) is 33.3 Å². The van der Waals surface area contributed by atoms with Crippen LogP contribution < -0.4 is 16.0 Å². The van der Waals surface area contributed by atoms with Crippen LogP contribution in [0.25, 0.3) is 0 Å². The lowest BCUT2D eigenvalue weighted by Crippen LogP contribution is -2.50. The van der Waals surface area contributed by atoms with Crippen molar-refractivity contribution < 1.29 is 18.7 Å². The number of pyridine rings is 2. The third-order valence-electron chi connectivity index (χ3n) is 5.24. The molecule has 2 aromatic rings. The van der Waals surface area contributed by atoms with E-state index in [4.69, 9.17) is 5.11 Å². The average molecular weight is 416 g/mol. The van der Waals surface area contributed by atoms with Crippen LogP contribution in [0.4, 0.5) is 30.9 Å². The maximum Gasteiger partial charge on any atom is 0.404 e. The Hall–Kier alpha value is -3.48. The van der Waals surface area contributed by atoms with E-state index in [-0.39, 0.29) is 40.5 Å². The smallest absolute Gasteiger partial charge is 0.404 e. The molecule has 0 bridgehead atoms. The molecule has 10 heteroatoms. The van der Waals surface area contributed by atoms with Gasteiger partial charge < -0.3 is 21.1 Å². The summed E-state index contributed by atoms with van der Waals surface area (Å²) in [7, 11) is 0. The van der Waals surface area contributed by atoms with Gasteiger partial charge in [-0.1, -0.05) is 6.42 Å². The summed E-state index contributed by atoms with van der Waals surface area (Å²) < 4.78 is 28.4. The largest absolute Gasteiger partial charge is 0.465 e. The van der Waals surface area contributed by atoms with Crippen molar-refractivity contribution >= 4 is 23.4 Å². The maximum absolute atomic E-state index is 14.6. The number of hydrogen-bond donors (Lipinski definition) is 4. The third-order valence-corrected chi connectivity index (χ3v) is 5.24. The van der Waals surface area contributed by atoms with Crippen molar-refractivity contribution in [1.82, 2.24) is 15.3 Å². The van der Waals surface area contributed by atoms with E-state index in [0.29, 0.717) is 0 Å². The molecule has 0 saturated heterocycles. The molecule has 1 fully saturated rings. The number of carboxylic acid groups (broad SMARTS) is 1. The van der Waals surface area contributed by atoms with Gasteiger partial charge in [-0.05, 0) is 38.7 Å². The molecular formula is C20H22F2N6O2. The van der Waals surface area contributed by atoms with Gasteiger partial charge in [0, 0.05) is 12.1 Å². The number of rotatable bonds is 7. The molecule has 2 aromatic heterocycles. The highest BCUT2D eigenvalue weighted by atomic mass is 19.1. The minimum absolute atomic E-state index is 0.0395. The van der Waals surface area contributed by atoms with E-state index in [2.05, 4.69) is 25.9 Å². The number of nitrogens with one attached hydrogen (secondary N) is 3. The Morgan fingerprint density at radius 3 is 2.60 bits per heavy atom. The zero-order valence-corrected chi connectivity index (χ0v) is 16.5. The second-order valence-corrected chi connectivity index (χ2v) is 7.34. The standard InChI is InChI=1S/C20H22F2N6O2/c1-10-15(21)7-14(9-24-10)26-18-13(8-23)6-16(22)19(28-18)27-17(12-4-3-5-12)11(2)25-20(29)30/h6-7,9,11-12,17,25H,3-5H2,1-2H3,(H,29,30)(H2,26,27,28)/t11-,17-/m0/s1. The van der Waals surface area contributed by atoms with Gasteiger partial charge in [0.25, 0.3) is 0 Å². The Balaban J connectivity index is 1.90. The molecule has 158 valence electrons. The Morgan fingerprint density at radius 1 is 1.30 bits per heavy atom. The quantitative estimate of drug-likeness (QED) is 0.539. The topological polar surface area (TPSA) is 123 Å². The van der Waals surface area contributed by atoms with Gasteiger partial charge in [-0.15, -0.1) is 0 Å². The van der Waals surface area contributed by atoms with Gasteiger partial charge in [0.1, 0.15) is 11.9 Å². The van der Waals surface area contributed by atoms with E-state index in [1.165, 1.54) is 19.2 Å². The van der Waals surface area contributed by atoms with Gasteiger partial charge in [-0.2, -0.15) is 5.26 Å². The maximum atomic E-state index is 14.6. The van der Waals surface area contributed by atoms with Gasteiger partial charge >= 0.3 is 6.09 Å². The second kappa shape index (κ2) is 8.90. The number of hydrogen-bond acceptors (Lipinski definition) is 6. The van der Waals surface area contributed by atoms with E-state index < -0.39 is 23.8 Å². The molecule has 0 spiro atoms. The molecule has 4 N–H and O–H groups in total. The molecular weight excluding hydrogens is 394 g/mol. The Labute approximate surface area is 172 Å². The molecule has 1 aliphatic carbocycles.